The van der Waals surface area contributed by atoms with Crippen LogP contribution in [-0.4, -0.2) is 35.3 Å². The SMILES string of the molecule is C=CCOC(=O)NC1(C(=O)OCc2cc(Cl)ccc2Cl)CCC2C(C(=O)O)C21. The van der Waals surface area contributed by atoms with Crippen LogP contribution in [0.3, 0.4) is 0 Å². The van der Waals surface area contributed by atoms with Crippen molar-refractivity contribution in [2.24, 2.45) is 17.8 Å². The van der Waals surface area contributed by atoms with Crippen LogP contribution in [0.1, 0.15) is 18.4 Å². The summed E-state index contributed by atoms with van der Waals surface area (Å²) in [5, 5.41) is 12.8. The molecule has 2 N–H and O–H groups in total. The molecule has 2 aliphatic carbocycles. The Hall–Kier alpha value is -2.25. The zero-order valence-electron chi connectivity index (χ0n) is 14.8. The molecule has 150 valence electrons. The third-order valence-corrected chi connectivity index (χ3v) is 5.89. The molecule has 7 nitrogen and oxygen atoms in total. The van der Waals surface area contributed by atoms with Gasteiger partial charge in [0, 0.05) is 21.5 Å². The Morgan fingerprint density at radius 3 is 2.71 bits per heavy atom. The Bertz CT molecular complexity index is 829. The summed E-state index contributed by atoms with van der Waals surface area (Å²) >= 11 is 12.0. The Morgan fingerprint density at radius 1 is 1.32 bits per heavy atom. The minimum atomic E-state index is -1.45. The summed E-state index contributed by atoms with van der Waals surface area (Å²) in [4.78, 5) is 36.5. The van der Waals surface area contributed by atoms with Crippen LogP contribution in [0.4, 0.5) is 4.79 Å². The third-order valence-electron chi connectivity index (χ3n) is 5.28. The highest BCUT2D eigenvalue weighted by atomic mass is 35.5. The van der Waals surface area contributed by atoms with Crippen LogP contribution in [0.2, 0.25) is 10.0 Å². The van der Waals surface area contributed by atoms with Gasteiger partial charge in [-0.15, -0.1) is 0 Å². The van der Waals surface area contributed by atoms with E-state index in [9.17, 15) is 19.5 Å². The van der Waals surface area contributed by atoms with E-state index in [4.69, 9.17) is 32.7 Å². The van der Waals surface area contributed by atoms with E-state index in [1.165, 1.54) is 6.08 Å². The van der Waals surface area contributed by atoms with Crippen LogP contribution < -0.4 is 5.32 Å². The fourth-order valence-corrected chi connectivity index (χ4v) is 4.38. The number of benzene rings is 1. The van der Waals surface area contributed by atoms with Crippen LogP contribution in [0.5, 0.6) is 0 Å². The fraction of sp³-hybridized carbons (Fsp3) is 0.421. The van der Waals surface area contributed by atoms with Crippen LogP contribution in [-0.2, 0) is 25.7 Å². The van der Waals surface area contributed by atoms with E-state index in [0.29, 0.717) is 22.0 Å². The van der Waals surface area contributed by atoms with E-state index < -0.39 is 35.4 Å². The van der Waals surface area contributed by atoms with Gasteiger partial charge >= 0.3 is 18.0 Å². The van der Waals surface area contributed by atoms with Gasteiger partial charge in [0.1, 0.15) is 18.8 Å². The minimum Gasteiger partial charge on any atom is -0.481 e. The number of carboxylic acid groups (broad SMARTS) is 1. The number of carbonyl (C=O) groups is 3. The molecule has 0 spiro atoms. The molecule has 4 atom stereocenters. The predicted octanol–water partition coefficient (Wildman–Crippen LogP) is 3.43. The molecule has 0 radical (unpaired) electrons. The summed E-state index contributed by atoms with van der Waals surface area (Å²) in [6, 6.07) is 4.77. The third kappa shape index (κ3) is 3.82. The summed E-state index contributed by atoms with van der Waals surface area (Å²) in [5.74, 6) is -3.12. The molecule has 0 aromatic heterocycles. The maximum atomic E-state index is 13.0. The van der Waals surface area contributed by atoms with Gasteiger partial charge in [-0.1, -0.05) is 35.9 Å². The van der Waals surface area contributed by atoms with Gasteiger partial charge < -0.3 is 19.9 Å². The van der Waals surface area contributed by atoms with E-state index in [1.807, 2.05) is 0 Å². The number of halogens is 2. The van der Waals surface area contributed by atoms with Crippen LogP contribution in [0.25, 0.3) is 0 Å². The molecule has 1 aromatic carbocycles. The molecule has 0 heterocycles. The molecule has 0 aliphatic heterocycles. The van der Waals surface area contributed by atoms with Crippen molar-refractivity contribution in [2.75, 3.05) is 6.61 Å². The Kier molecular flexibility index (Phi) is 5.86. The van der Waals surface area contributed by atoms with Crippen molar-refractivity contribution in [2.45, 2.75) is 25.0 Å². The molecule has 28 heavy (non-hydrogen) atoms. The average Bonchev–Trinajstić information content (AvgIpc) is 3.29. The topological polar surface area (TPSA) is 102 Å². The van der Waals surface area contributed by atoms with Gasteiger partial charge in [-0.2, -0.15) is 0 Å². The number of carbonyl (C=O) groups excluding carboxylic acids is 2. The van der Waals surface area contributed by atoms with E-state index in [-0.39, 0.29) is 25.6 Å². The van der Waals surface area contributed by atoms with E-state index >= 15 is 0 Å². The summed E-state index contributed by atoms with van der Waals surface area (Å²) in [5.41, 5.74) is -0.941. The highest BCUT2D eigenvalue weighted by Gasteiger charge is 2.72. The first-order valence-corrected chi connectivity index (χ1v) is 9.45. The van der Waals surface area contributed by atoms with Crippen molar-refractivity contribution in [1.29, 1.82) is 0 Å². The molecular weight excluding hydrogens is 409 g/mol. The number of amides is 1. The first-order chi connectivity index (χ1) is 13.3. The number of esters is 1. The van der Waals surface area contributed by atoms with Crippen molar-refractivity contribution >= 4 is 41.2 Å². The number of rotatable bonds is 7. The van der Waals surface area contributed by atoms with Crippen molar-refractivity contribution in [1.82, 2.24) is 5.32 Å². The normalized spacial score (nSPS) is 27.4. The van der Waals surface area contributed by atoms with Gasteiger partial charge in [0.15, 0.2) is 0 Å². The van der Waals surface area contributed by atoms with Gasteiger partial charge in [-0.05, 0) is 37.0 Å². The molecule has 3 rings (SSSR count). The monoisotopic (exact) mass is 427 g/mol. The second-order valence-corrected chi connectivity index (χ2v) is 7.73. The molecule has 2 saturated carbocycles. The van der Waals surface area contributed by atoms with Gasteiger partial charge in [-0.3, -0.25) is 4.79 Å². The smallest absolute Gasteiger partial charge is 0.408 e. The van der Waals surface area contributed by atoms with Gasteiger partial charge in [0.2, 0.25) is 0 Å². The number of fused-ring (bicyclic) bond motifs is 1. The summed E-state index contributed by atoms with van der Waals surface area (Å²) < 4.78 is 10.3. The predicted molar refractivity (Wildman–Crippen MR) is 101 cm³/mol. The lowest BCUT2D eigenvalue weighted by Gasteiger charge is -2.30. The Morgan fingerprint density at radius 2 is 2.07 bits per heavy atom. The van der Waals surface area contributed by atoms with E-state index in [0.717, 1.165) is 0 Å². The number of hydrogen-bond donors (Lipinski definition) is 2. The van der Waals surface area contributed by atoms with Gasteiger partial charge in [-0.25, -0.2) is 9.59 Å². The lowest BCUT2D eigenvalue weighted by Crippen LogP contribution is -2.56. The second-order valence-electron chi connectivity index (χ2n) is 6.89. The molecule has 0 saturated heterocycles. The van der Waals surface area contributed by atoms with Crippen molar-refractivity contribution in [3.05, 3.63) is 46.5 Å². The average molecular weight is 428 g/mol. The molecule has 2 fully saturated rings. The Labute approximate surface area is 171 Å². The molecule has 1 aromatic rings. The van der Waals surface area contributed by atoms with Gasteiger partial charge in [0.05, 0.1) is 5.92 Å². The molecular formula is C19H19Cl2NO6. The number of hydrogen-bond acceptors (Lipinski definition) is 5. The van der Waals surface area contributed by atoms with Gasteiger partial charge in [0.25, 0.3) is 0 Å². The Balaban J connectivity index is 1.78. The van der Waals surface area contributed by atoms with Crippen LogP contribution in [0, 0.1) is 17.8 Å². The standard InChI is InChI=1S/C19H19Cl2NO6/c1-2-7-27-18(26)22-19(6-5-12-14(15(12)19)16(23)24)17(25)28-9-10-8-11(20)3-4-13(10)21/h2-4,8,12,14-15H,1,5-7,9H2,(H,22,26)(H,23,24). The van der Waals surface area contributed by atoms with Crippen molar-refractivity contribution in [3.63, 3.8) is 0 Å². The lowest BCUT2D eigenvalue weighted by atomic mass is 9.90. The highest BCUT2D eigenvalue weighted by Crippen LogP contribution is 2.62. The van der Waals surface area contributed by atoms with E-state index in [1.54, 1.807) is 18.2 Å². The number of alkyl carbamates (subject to hydrolysis) is 1. The summed E-state index contributed by atoms with van der Waals surface area (Å²) in [6.45, 7) is 3.27. The maximum absolute atomic E-state index is 13.0. The molecule has 1 amide bonds. The summed E-state index contributed by atoms with van der Waals surface area (Å²) in [6.07, 6.45) is 1.34. The second kappa shape index (κ2) is 8.01. The largest absolute Gasteiger partial charge is 0.481 e. The number of ether oxygens (including phenoxy) is 2. The lowest BCUT2D eigenvalue weighted by molar-refractivity contribution is -0.154. The number of aliphatic carboxylic acids is 1. The van der Waals surface area contributed by atoms with E-state index in [2.05, 4.69) is 11.9 Å². The molecule has 4 unspecified atom stereocenters. The molecule has 2 aliphatic rings. The van der Waals surface area contributed by atoms with Crippen LogP contribution >= 0.6 is 23.2 Å². The minimum absolute atomic E-state index is 0.0362. The van der Waals surface area contributed by atoms with Crippen molar-refractivity contribution < 1.29 is 29.0 Å². The quantitative estimate of drug-likeness (QED) is 0.510. The maximum Gasteiger partial charge on any atom is 0.408 e. The number of carboxylic acids is 1. The fourth-order valence-electron chi connectivity index (χ4n) is 4.02. The first-order valence-electron chi connectivity index (χ1n) is 8.70. The highest BCUT2D eigenvalue weighted by molar-refractivity contribution is 6.33. The van der Waals surface area contributed by atoms with Crippen molar-refractivity contribution in [3.8, 4) is 0 Å². The molecule has 0 bridgehead atoms. The molecule has 9 heteroatoms. The number of nitrogens with one attached hydrogen (secondary N) is 1. The van der Waals surface area contributed by atoms with Crippen LogP contribution in [0.15, 0.2) is 30.9 Å². The first kappa shape index (κ1) is 20.5. The zero-order valence-corrected chi connectivity index (χ0v) is 16.3. The zero-order chi connectivity index (χ0) is 20.5. The summed E-state index contributed by atoms with van der Waals surface area (Å²) in [7, 11) is 0.